The molecule has 3 N–H and O–H groups in total. The lowest BCUT2D eigenvalue weighted by molar-refractivity contribution is -0.140. The predicted octanol–water partition coefficient (Wildman–Crippen LogP) is 16.5. The zero-order valence-electron chi connectivity index (χ0n) is 82.7. The summed E-state index contributed by atoms with van der Waals surface area (Å²) in [6.07, 6.45) is 9.03. The van der Waals surface area contributed by atoms with Crippen LogP contribution in [-0.4, -0.2) is 254 Å². The highest BCUT2D eigenvalue weighted by molar-refractivity contribution is 5.95. The Kier molecular flexibility index (Phi) is 44.4. The van der Waals surface area contributed by atoms with Gasteiger partial charge in [-0.3, -0.25) is 29.0 Å². The van der Waals surface area contributed by atoms with Crippen LogP contribution in [0.3, 0.4) is 0 Å². The van der Waals surface area contributed by atoms with Crippen LogP contribution >= 0.6 is 0 Å². The molecule has 0 unspecified atom stereocenters. The molecule has 0 spiro atoms. The van der Waals surface area contributed by atoms with Gasteiger partial charge in [0.25, 0.3) is 0 Å². The largest absolute Gasteiger partial charge is 0.497 e. The smallest absolute Gasteiger partial charge is 0.416 e. The highest BCUT2D eigenvalue weighted by atomic mass is 16.7. The van der Waals surface area contributed by atoms with Crippen molar-refractivity contribution < 1.29 is 122 Å². The van der Waals surface area contributed by atoms with Gasteiger partial charge < -0.3 is 96.8 Å². The molecule has 6 saturated heterocycles. The van der Waals surface area contributed by atoms with Crippen molar-refractivity contribution in [3.8, 4) is 34.5 Å². The molecule has 0 saturated carbocycles. The number of hydrogen-bond donors (Lipinski definition) is 3. The number of allylic oxidation sites excluding steroid dienone is 1. The average Bonchev–Trinajstić information content (AvgIpc) is 1.64. The number of nitrogens with one attached hydrogen (secondary N) is 2. The van der Waals surface area contributed by atoms with Gasteiger partial charge in [-0.1, -0.05) is 49.9 Å². The molecule has 6 aliphatic rings. The van der Waals surface area contributed by atoms with E-state index >= 15 is 0 Å². The molecule has 756 valence electrons. The molecule has 0 aliphatic carbocycles. The fourth-order valence-corrected chi connectivity index (χ4v) is 16.7. The Morgan fingerprint density at radius 2 is 0.948 bits per heavy atom. The number of imide groups is 1. The minimum atomic E-state index is -0.878. The molecule has 9 atom stereocenters. The van der Waals surface area contributed by atoms with E-state index in [0.717, 1.165) is 54.4 Å². The summed E-state index contributed by atoms with van der Waals surface area (Å²) in [6.45, 7) is 38.6. The molecule has 6 heterocycles. The van der Waals surface area contributed by atoms with E-state index in [1.807, 2.05) is 112 Å². The van der Waals surface area contributed by atoms with Gasteiger partial charge in [0.05, 0.1) is 99.3 Å². The number of amides is 9. The maximum absolute atomic E-state index is 13.6. The van der Waals surface area contributed by atoms with Gasteiger partial charge in [-0.15, -0.1) is 6.58 Å². The first-order chi connectivity index (χ1) is 63.1. The minimum Gasteiger partial charge on any atom is -0.497 e. The van der Waals surface area contributed by atoms with Crippen LogP contribution in [-0.2, 0) is 87.9 Å². The van der Waals surface area contributed by atoms with Gasteiger partial charge in [0.15, 0.2) is 0 Å². The normalized spacial score (nSPS) is 19.9. The Bertz CT molecular complexity index is 4570. The monoisotopic (exact) mass is 1900 g/mol. The van der Waals surface area contributed by atoms with E-state index in [9.17, 15) is 53.1 Å². The first kappa shape index (κ1) is 114. The molecule has 6 fully saturated rings. The number of ether oxygens (including phenoxy) is 14. The number of benzene rings is 4. The third kappa shape index (κ3) is 35.6. The lowest BCUT2D eigenvalue weighted by atomic mass is 9.90. The van der Waals surface area contributed by atoms with Crippen molar-refractivity contribution in [3.05, 3.63) is 142 Å². The highest BCUT2D eigenvalue weighted by Crippen LogP contribution is 2.40. The molecule has 135 heavy (non-hydrogen) atoms. The Balaban J connectivity index is 0.000000464. The van der Waals surface area contributed by atoms with Crippen LogP contribution in [0, 0.1) is 33.6 Å². The van der Waals surface area contributed by atoms with E-state index < -0.39 is 88.3 Å². The number of likely N-dealkylation sites (tertiary alicyclic amines) is 3. The van der Waals surface area contributed by atoms with Crippen molar-refractivity contribution in [1.82, 2.24) is 40.0 Å². The summed E-state index contributed by atoms with van der Waals surface area (Å²) >= 11 is 0. The molecule has 0 radical (unpaired) electrons. The van der Waals surface area contributed by atoms with Crippen LogP contribution in [0.5, 0.6) is 34.5 Å². The van der Waals surface area contributed by atoms with Gasteiger partial charge in [0, 0.05) is 117 Å². The van der Waals surface area contributed by atoms with Gasteiger partial charge in [-0.25, -0.2) is 33.7 Å². The summed E-state index contributed by atoms with van der Waals surface area (Å²) in [5.74, 6) is 2.07. The molecule has 4 aromatic carbocycles. The Morgan fingerprint density at radius 3 is 1.36 bits per heavy atom. The molecular formula is C100H154N8O27. The van der Waals surface area contributed by atoms with Crippen molar-refractivity contribution in [2.75, 3.05) is 95.3 Å². The average molecular weight is 1900 g/mol. The molecule has 35 nitrogen and oxygen atoms in total. The standard InChI is InChI=1S/C26H38N2O7.C26H36N2O6.C25H38N2O6.C22H34N2O6.CH4.O2.2H2/c1-7-34-23(29)13-11-20(27-25(31)35-26(2,3)4)15-18-9-8-14-28(24(18)30)17-19-10-12-21(32-5)16-22(19)33-6;1-7-11-19(15-21-17-33-26(5,6)28(21)24(31)34-25(2,3)4)22(29)27-20(16-32-23(27)30)14-18-12-9-8-10-13-18;1-24(2,3)33-23(29)27-19(16-32-25(27,4)5)13-17-9-8-12-26(22(17)28)15-18-10-11-20(30-6)14-21(18)31-7;1-22(2,3)30-21(27)23-17(14-25)11-15-7-6-10-24(20(15)26)13-16-8-9-18(28-4)12-19(16)29-5;;1-2;;/h10-13,16,18,20H,7-9,14-15,17H2,1-6H3,(H,27,31);7-10,12-13,19-21H,1,11,14-17H2,2-6H3;10-11,14,17,19H,8-9,12-13,15-16H2,1-7H3;8-9,12,15,17,25H,6-7,10-11,13-14H2,1-5H3,(H,23,27);1H4;;2*1H/b13-11+;;;;;;;/t18-,20+;19-,20-,21-;17-,19-;15-,17-;;;;/m0000..../s1/i;;;;;;1+1;. The number of esters is 1. The van der Waals surface area contributed by atoms with Gasteiger partial charge in [0.1, 0.15) is 75.0 Å². The van der Waals surface area contributed by atoms with Crippen LogP contribution < -0.4 is 39.1 Å². The number of aliphatic hydroxyl groups excluding tert-OH is 1. The quantitative estimate of drug-likeness (QED) is 0.0182. The molecule has 9 amide bonds. The lowest BCUT2D eigenvalue weighted by Gasteiger charge is -2.38. The second-order valence-electron chi connectivity index (χ2n) is 38.5. The number of alkyl carbamates (subject to hydrolysis) is 2. The minimum absolute atomic E-state index is 0. The summed E-state index contributed by atoms with van der Waals surface area (Å²) in [5, 5.41) is 15.1. The summed E-state index contributed by atoms with van der Waals surface area (Å²) < 4.78 is 76.1. The van der Waals surface area contributed by atoms with E-state index in [1.54, 1.807) is 170 Å². The van der Waals surface area contributed by atoms with Crippen LogP contribution in [0.15, 0.2) is 110 Å². The molecule has 0 bridgehead atoms. The van der Waals surface area contributed by atoms with E-state index in [-0.39, 0.29) is 96.2 Å². The zero-order valence-corrected chi connectivity index (χ0v) is 82.7. The molecule has 35 heteroatoms. The number of methoxy groups -OCH3 is 6. The summed E-state index contributed by atoms with van der Waals surface area (Å²) in [4.78, 5) is 152. The molecule has 0 aromatic heterocycles. The topological polar surface area (TPSA) is 398 Å². The van der Waals surface area contributed by atoms with E-state index in [4.69, 9.17) is 76.2 Å². The van der Waals surface area contributed by atoms with E-state index in [2.05, 4.69) is 17.2 Å². The number of carbonyl (C=O) groups is 10. The van der Waals surface area contributed by atoms with Crippen LogP contribution in [0.25, 0.3) is 0 Å². The molecule has 4 aromatic rings. The Hall–Kier alpha value is -11.5. The number of piperidine rings is 3. The SMILES string of the molecule is C.C=CC[C@@H](C[C@H]1COC(C)(C)N1C(=O)OC(C)(C)C)C(=O)N1C(=O)OC[C@@H]1Cc1ccccc1.CCOC(=O)/C=C/[C@H](C[C@@H]1CCCN(Cc2ccc(OC)cc2OC)C1=O)NC(=O)OC(C)(C)C.COc1ccc(CN2CCC[C@@H](C[C@@H](CO)NC(=O)OC(C)(C)C)C2=O)c(OC)c1.COc1ccc(CN2CCC[C@@H](C[C@H]3COC(C)(C)N3C(=O)OC(C)(C)C)C2=O)c(OC)c1.O=O.[2HH].[HH]. The zero-order chi connectivity index (χ0) is 99.8. The maximum Gasteiger partial charge on any atom is 0.416 e. The summed E-state index contributed by atoms with van der Waals surface area (Å²) in [5.41, 5.74) is -0.481. The van der Waals surface area contributed by atoms with Crippen molar-refractivity contribution in [2.45, 2.75) is 286 Å². The summed E-state index contributed by atoms with van der Waals surface area (Å²) in [7, 11) is 9.59. The van der Waals surface area contributed by atoms with Crippen molar-refractivity contribution in [3.63, 3.8) is 0 Å². The molecule has 6 aliphatic heterocycles. The highest BCUT2D eigenvalue weighted by Gasteiger charge is 2.51. The first-order valence-corrected chi connectivity index (χ1v) is 45.7. The Labute approximate surface area is 800 Å². The van der Waals surface area contributed by atoms with Gasteiger partial charge in [-0.2, -0.15) is 0 Å². The van der Waals surface area contributed by atoms with Crippen LogP contribution in [0.4, 0.5) is 24.0 Å². The second kappa shape index (κ2) is 52.6. The molecular weight excluding hydrogens is 1750 g/mol. The van der Waals surface area contributed by atoms with E-state index in [0.29, 0.717) is 125 Å². The fraction of sp³-hybridized carbons (Fsp3) is 0.620. The van der Waals surface area contributed by atoms with Crippen molar-refractivity contribution >= 4 is 60.1 Å². The molecule has 10 rings (SSSR count). The Morgan fingerprint density at radius 1 is 0.541 bits per heavy atom. The lowest BCUT2D eigenvalue weighted by Crippen LogP contribution is -2.51. The third-order valence-electron chi connectivity index (χ3n) is 22.7. The summed E-state index contributed by atoms with van der Waals surface area (Å²) in [6, 6.07) is 24.3. The van der Waals surface area contributed by atoms with Crippen molar-refractivity contribution in [1.29, 1.82) is 0 Å². The van der Waals surface area contributed by atoms with Crippen LogP contribution in [0.2, 0.25) is 0 Å². The number of rotatable bonds is 31. The third-order valence-corrected chi connectivity index (χ3v) is 22.7. The van der Waals surface area contributed by atoms with Crippen LogP contribution in [0.1, 0.15) is 221 Å². The maximum atomic E-state index is 13.6. The fourth-order valence-electron chi connectivity index (χ4n) is 16.7. The number of nitrogens with zero attached hydrogens (tertiary/aromatic N) is 6. The predicted molar refractivity (Wildman–Crippen MR) is 513 cm³/mol. The first-order valence-electron chi connectivity index (χ1n) is 45.7. The van der Waals surface area contributed by atoms with E-state index in [1.165, 1.54) is 11.0 Å². The number of cyclic esters (lactones) is 1. The number of hydrogen-bond acceptors (Lipinski definition) is 27. The van der Waals surface area contributed by atoms with Crippen molar-refractivity contribution in [2.24, 2.45) is 23.7 Å². The van der Waals surface area contributed by atoms with Gasteiger partial charge in [-0.05, 0) is 237 Å². The second-order valence-corrected chi connectivity index (χ2v) is 38.5. The van der Waals surface area contributed by atoms with Gasteiger partial charge >= 0.3 is 36.4 Å². The number of carbonyl (C=O) groups excluding carboxylic acids is 10. The van der Waals surface area contributed by atoms with Gasteiger partial charge in [0.2, 0.25) is 23.6 Å². The number of aliphatic hydroxyl groups is 1.